The number of hydrogen-bond acceptors (Lipinski definition) is 7. The predicted octanol–water partition coefficient (Wildman–Crippen LogP) is 10.2. The molecule has 0 amide bonds. The Morgan fingerprint density at radius 2 is 1.13 bits per heavy atom. The van der Waals surface area contributed by atoms with Gasteiger partial charge in [0.15, 0.2) is 14.7 Å². The van der Waals surface area contributed by atoms with Crippen LogP contribution in [0.3, 0.4) is 0 Å². The van der Waals surface area contributed by atoms with Crippen LogP contribution in [0, 0.1) is 23.7 Å². The van der Waals surface area contributed by atoms with Gasteiger partial charge in [-0.25, -0.2) is 9.59 Å². The molecule has 0 spiro atoms. The molecule has 5 fully saturated rings. The van der Waals surface area contributed by atoms with E-state index in [1.54, 1.807) is 0 Å². The van der Waals surface area contributed by atoms with Crippen LogP contribution in [-0.2, 0) is 39.4 Å². The van der Waals surface area contributed by atoms with Gasteiger partial charge in [0.05, 0.1) is 23.4 Å². The molecule has 3 aromatic carbocycles. The molecule has 0 atom stereocenters. The first-order chi connectivity index (χ1) is 25.0. The van der Waals surface area contributed by atoms with Crippen LogP contribution >= 0.6 is 0 Å². The van der Waals surface area contributed by atoms with Crippen molar-refractivity contribution in [1.29, 1.82) is 0 Å². The number of halogens is 2. The maximum atomic E-state index is 12.5. The molecule has 0 aliphatic heterocycles. The van der Waals surface area contributed by atoms with Gasteiger partial charge in [0, 0.05) is 6.92 Å². The van der Waals surface area contributed by atoms with Gasteiger partial charge < -0.3 is 18.9 Å². The summed E-state index contributed by atoms with van der Waals surface area (Å²) in [4.78, 5) is 37.4. The van der Waals surface area contributed by atoms with Crippen molar-refractivity contribution in [3.8, 4) is 0 Å². The van der Waals surface area contributed by atoms with E-state index in [0.29, 0.717) is 6.92 Å². The number of carbonyl (C=O) groups is 3. The molecule has 7 nitrogen and oxygen atoms in total. The third-order valence-electron chi connectivity index (χ3n) is 10.2. The number of hydrogen-bond donors (Lipinski definition) is 0. The van der Waals surface area contributed by atoms with Crippen molar-refractivity contribution in [3.63, 3.8) is 0 Å². The fraction of sp³-hybridized carbons (Fsp3) is 0.500. The number of esters is 2. The molecule has 280 valence electrons. The Morgan fingerprint density at radius 1 is 0.692 bits per heavy atom. The van der Waals surface area contributed by atoms with Gasteiger partial charge in [-0.15, -0.1) is 0 Å². The molecule has 8 rings (SSSR count). The van der Waals surface area contributed by atoms with Gasteiger partial charge >= 0.3 is 24.0 Å². The van der Waals surface area contributed by atoms with Crippen molar-refractivity contribution in [2.75, 3.05) is 13.4 Å². The zero-order valence-electron chi connectivity index (χ0n) is 30.2. The molecule has 0 N–H and O–H groups in total. The maximum absolute atomic E-state index is 12.5. The van der Waals surface area contributed by atoms with Crippen LogP contribution < -0.4 is 0 Å². The predicted molar refractivity (Wildman–Crippen MR) is 195 cm³/mol. The molecule has 0 heterocycles. The van der Waals surface area contributed by atoms with E-state index in [2.05, 4.69) is 105 Å². The lowest BCUT2D eigenvalue weighted by Crippen LogP contribution is -2.53. The van der Waals surface area contributed by atoms with Crippen LogP contribution in [0.2, 0.25) is 0 Å². The summed E-state index contributed by atoms with van der Waals surface area (Å²) >= 11 is 0. The van der Waals surface area contributed by atoms with Gasteiger partial charge in [-0.05, 0) is 112 Å². The summed E-state index contributed by atoms with van der Waals surface area (Å²) in [5.41, 5.74) is -0.0245. The Bertz CT molecular complexity index is 1430. The Morgan fingerprint density at radius 3 is 1.54 bits per heavy atom. The van der Waals surface area contributed by atoms with Gasteiger partial charge in [0.2, 0.25) is 6.79 Å². The first-order valence-corrected chi connectivity index (χ1v) is 19.7. The van der Waals surface area contributed by atoms with Crippen molar-refractivity contribution < 1.29 is 42.1 Å². The van der Waals surface area contributed by atoms with Crippen molar-refractivity contribution in [3.05, 3.63) is 91.0 Å². The van der Waals surface area contributed by atoms with Crippen LogP contribution in [0.15, 0.2) is 106 Å². The molecule has 3 aromatic rings. The number of alkyl halides is 2. The van der Waals surface area contributed by atoms with Crippen LogP contribution in [0.1, 0.15) is 84.5 Å². The largest absolute Gasteiger partial charge is 0.511 e. The van der Waals surface area contributed by atoms with Crippen LogP contribution in [-0.4, -0.2) is 43.0 Å². The number of ether oxygens (including phenoxy) is 4. The van der Waals surface area contributed by atoms with Crippen molar-refractivity contribution in [2.24, 2.45) is 23.7 Å². The van der Waals surface area contributed by atoms with E-state index in [9.17, 15) is 23.2 Å². The molecular formula is C42H51F2O7S+. The van der Waals surface area contributed by atoms with E-state index >= 15 is 0 Å². The summed E-state index contributed by atoms with van der Waals surface area (Å²) in [6.45, 7) is 1.10. The van der Waals surface area contributed by atoms with Gasteiger partial charge in [-0.1, -0.05) is 73.9 Å². The molecular weight excluding hydrogens is 687 g/mol. The Labute approximate surface area is 309 Å². The molecule has 4 bridgehead atoms. The minimum Gasteiger partial charge on any atom is -0.459 e. The Hall–Kier alpha value is -3.92. The highest BCUT2D eigenvalue weighted by atomic mass is 32.2. The van der Waals surface area contributed by atoms with E-state index in [1.807, 2.05) is 0 Å². The number of rotatable bonds is 9. The first kappa shape index (κ1) is 39.3. The van der Waals surface area contributed by atoms with Gasteiger partial charge in [0.1, 0.15) is 5.60 Å². The second-order valence-electron chi connectivity index (χ2n) is 14.4. The summed E-state index contributed by atoms with van der Waals surface area (Å²) in [5, 5.41) is 0. The molecule has 0 aromatic heterocycles. The second-order valence-corrected chi connectivity index (χ2v) is 16.4. The van der Waals surface area contributed by atoms with Gasteiger partial charge in [-0.2, -0.15) is 8.78 Å². The third kappa shape index (κ3) is 11.3. The SMILES string of the molecule is CCOC(=O)OCOC(=O)C(C)(F)F.O=C(OC12CC3CC(CC(C3)C1)C2)C1CCCCC1.c1ccc([S+](c2ccccc2)c2ccccc2)cc1. The smallest absolute Gasteiger partial charge is 0.459 e. The second kappa shape index (κ2) is 18.7. The Kier molecular flexibility index (Phi) is 14.1. The van der Waals surface area contributed by atoms with Crippen LogP contribution in [0.4, 0.5) is 13.6 Å². The standard InChI is InChI=1S/C18H15S.C17H26O2.C7H10F2O5/c1-4-10-16(11-5-1)19(17-12-6-2-7-13-17)18-14-8-3-9-15-18;18-16(15-4-2-1-3-5-15)19-17-9-12-6-13(10-17)8-14(7-12)11-17;1-3-12-6(11)14-4-13-5(10)7(2,8)9/h1-15H;12-15H,1-11H2;3-4H2,1-2H3/q+1;;. The fourth-order valence-electron chi connectivity index (χ4n) is 8.29. The highest BCUT2D eigenvalue weighted by Gasteiger charge is 2.53. The lowest BCUT2D eigenvalue weighted by Gasteiger charge is -2.56. The molecule has 10 heteroatoms. The highest BCUT2D eigenvalue weighted by molar-refractivity contribution is 7.97. The van der Waals surface area contributed by atoms with E-state index in [-0.39, 0.29) is 35.0 Å². The first-order valence-electron chi connectivity index (χ1n) is 18.5. The summed E-state index contributed by atoms with van der Waals surface area (Å²) in [6, 6.07) is 32.2. The van der Waals surface area contributed by atoms with Crippen LogP contribution in [0.5, 0.6) is 0 Å². The van der Waals surface area contributed by atoms with E-state index in [1.165, 1.54) is 79.4 Å². The molecule has 0 radical (unpaired) electrons. The average molecular weight is 738 g/mol. The lowest BCUT2D eigenvalue weighted by atomic mass is 9.54. The zero-order chi connectivity index (χ0) is 37.0. The molecule has 5 saturated carbocycles. The molecule has 0 unspecified atom stereocenters. The topological polar surface area (TPSA) is 88.1 Å². The minimum absolute atomic E-state index is 0.0146. The normalized spacial score (nSPS) is 23.3. The highest BCUT2D eigenvalue weighted by Crippen LogP contribution is 2.57. The molecule has 52 heavy (non-hydrogen) atoms. The average Bonchev–Trinajstić information content (AvgIpc) is 3.13. The number of benzene rings is 3. The third-order valence-corrected chi connectivity index (χ3v) is 12.4. The summed E-state index contributed by atoms with van der Waals surface area (Å²) in [6.07, 6.45) is 12.6. The van der Waals surface area contributed by atoms with E-state index in [4.69, 9.17) is 4.74 Å². The van der Waals surface area contributed by atoms with Crippen molar-refractivity contribution in [1.82, 2.24) is 0 Å². The van der Waals surface area contributed by atoms with Gasteiger partial charge in [0.25, 0.3) is 0 Å². The molecule has 5 aliphatic carbocycles. The lowest BCUT2D eigenvalue weighted by molar-refractivity contribution is -0.192. The summed E-state index contributed by atoms with van der Waals surface area (Å²) < 4.78 is 42.7. The Balaban J connectivity index is 0.000000154. The monoisotopic (exact) mass is 737 g/mol. The van der Waals surface area contributed by atoms with E-state index < -0.39 is 24.8 Å². The fourth-order valence-corrected chi connectivity index (χ4v) is 10.4. The van der Waals surface area contributed by atoms with E-state index in [0.717, 1.165) is 30.6 Å². The summed E-state index contributed by atoms with van der Waals surface area (Å²) in [5.74, 6) is -2.38. The molecule has 0 saturated heterocycles. The van der Waals surface area contributed by atoms with Crippen molar-refractivity contribution in [2.45, 2.75) is 111 Å². The van der Waals surface area contributed by atoms with Crippen LogP contribution in [0.25, 0.3) is 0 Å². The van der Waals surface area contributed by atoms with Gasteiger partial charge in [-0.3, -0.25) is 4.79 Å². The zero-order valence-corrected chi connectivity index (χ0v) is 31.0. The maximum Gasteiger partial charge on any atom is 0.511 e. The minimum atomic E-state index is -3.60. The quantitative estimate of drug-likeness (QED) is 0.0935. The number of carbonyl (C=O) groups excluding carboxylic acids is 3. The summed E-state index contributed by atoms with van der Waals surface area (Å²) in [7, 11) is -0.0146. The van der Waals surface area contributed by atoms with Crippen molar-refractivity contribution >= 4 is 29.0 Å². The molecule has 5 aliphatic rings.